The van der Waals surface area contributed by atoms with Crippen molar-refractivity contribution in [3.8, 4) is 0 Å². The Hall–Kier alpha value is -1.92. The molecule has 2 saturated carbocycles. The van der Waals surface area contributed by atoms with E-state index in [9.17, 15) is 9.59 Å². The van der Waals surface area contributed by atoms with Crippen LogP contribution in [0, 0.1) is 0 Å². The molecule has 2 fully saturated rings. The zero-order chi connectivity index (χ0) is 18.3. The van der Waals surface area contributed by atoms with Gasteiger partial charge in [-0.25, -0.2) is 0 Å². The van der Waals surface area contributed by atoms with E-state index in [0.29, 0.717) is 23.0 Å². The normalized spacial score (nSPS) is 16.5. The highest BCUT2D eigenvalue weighted by Gasteiger charge is 2.31. The van der Waals surface area contributed by atoms with Crippen molar-refractivity contribution in [2.45, 2.75) is 47.3 Å². The fourth-order valence-electron chi connectivity index (χ4n) is 3.20. The summed E-state index contributed by atoms with van der Waals surface area (Å²) in [6.07, 6.45) is 4.58. The summed E-state index contributed by atoms with van der Waals surface area (Å²) in [7, 11) is 3.04. The van der Waals surface area contributed by atoms with Crippen molar-refractivity contribution in [1.82, 2.24) is 0 Å². The molecule has 2 amide bonds. The first-order valence-corrected chi connectivity index (χ1v) is 10.9. The maximum absolute atomic E-state index is 11.9. The van der Waals surface area contributed by atoms with Gasteiger partial charge < -0.3 is 11.5 Å². The maximum atomic E-state index is 11.9. The molecule has 0 radical (unpaired) electrons. The highest BCUT2D eigenvalue weighted by Crippen LogP contribution is 2.52. The summed E-state index contributed by atoms with van der Waals surface area (Å²) in [5.41, 5.74) is 14.7. The fraction of sp³-hybridized carbons (Fsp3) is 0.300. The number of amides is 2. The van der Waals surface area contributed by atoms with Crippen LogP contribution in [-0.2, 0) is 0 Å². The summed E-state index contributed by atoms with van der Waals surface area (Å²) in [6.45, 7) is 0. The largest absolute Gasteiger partial charge is 0.366 e. The van der Waals surface area contributed by atoms with Crippen molar-refractivity contribution in [3.05, 3.63) is 58.7 Å². The third-order valence-corrected chi connectivity index (χ3v) is 7.44. The van der Waals surface area contributed by atoms with Crippen LogP contribution >= 0.6 is 21.6 Å². The van der Waals surface area contributed by atoms with Gasteiger partial charge in [-0.3, -0.25) is 9.59 Å². The monoisotopic (exact) mass is 384 g/mol. The quantitative estimate of drug-likeness (QED) is 0.691. The molecule has 26 heavy (non-hydrogen) atoms. The third-order valence-electron chi connectivity index (χ3n) is 4.86. The zero-order valence-corrected chi connectivity index (χ0v) is 15.9. The van der Waals surface area contributed by atoms with E-state index in [1.165, 1.54) is 32.7 Å². The lowest BCUT2D eigenvalue weighted by molar-refractivity contribution is 0.0989. The van der Waals surface area contributed by atoms with Gasteiger partial charge in [-0.15, -0.1) is 0 Å². The molecule has 0 atom stereocenters. The van der Waals surface area contributed by atoms with Crippen LogP contribution in [-0.4, -0.2) is 11.8 Å². The summed E-state index contributed by atoms with van der Waals surface area (Å²) in [5.74, 6) is 0.181. The smallest absolute Gasteiger partial charge is 0.249 e. The van der Waals surface area contributed by atoms with Crippen molar-refractivity contribution in [1.29, 1.82) is 0 Å². The Bertz CT molecular complexity index is 816. The number of primary amides is 2. The summed E-state index contributed by atoms with van der Waals surface area (Å²) < 4.78 is 0. The van der Waals surface area contributed by atoms with E-state index in [2.05, 4.69) is 12.1 Å². The Morgan fingerprint density at radius 2 is 1.12 bits per heavy atom. The van der Waals surface area contributed by atoms with Gasteiger partial charge in [-0.1, -0.05) is 45.9 Å². The van der Waals surface area contributed by atoms with Gasteiger partial charge in [0.2, 0.25) is 11.8 Å². The van der Waals surface area contributed by atoms with Gasteiger partial charge in [0.05, 0.1) is 11.1 Å². The first-order chi connectivity index (χ1) is 12.6. The predicted molar refractivity (Wildman–Crippen MR) is 106 cm³/mol. The Morgan fingerprint density at radius 3 is 1.42 bits per heavy atom. The Labute approximate surface area is 160 Å². The third kappa shape index (κ3) is 3.48. The van der Waals surface area contributed by atoms with E-state index in [4.69, 9.17) is 11.5 Å². The number of hydrogen-bond acceptors (Lipinski definition) is 4. The Balaban J connectivity index is 1.70. The maximum Gasteiger partial charge on any atom is 0.249 e. The molecule has 0 saturated heterocycles. The van der Waals surface area contributed by atoms with Crippen LogP contribution in [0.3, 0.4) is 0 Å². The van der Waals surface area contributed by atoms with Gasteiger partial charge >= 0.3 is 0 Å². The van der Waals surface area contributed by atoms with Crippen LogP contribution in [0.5, 0.6) is 0 Å². The van der Waals surface area contributed by atoms with Crippen molar-refractivity contribution in [2.24, 2.45) is 11.5 Å². The van der Waals surface area contributed by atoms with Crippen molar-refractivity contribution < 1.29 is 9.59 Å². The van der Waals surface area contributed by atoms with Crippen molar-refractivity contribution in [2.75, 3.05) is 0 Å². The molecule has 2 aromatic rings. The SMILES string of the molecule is NC(=O)c1cccc(C2CC2)c1SSc1c(C(N)=O)cccc1C1CC1. The van der Waals surface area contributed by atoms with E-state index in [1.54, 1.807) is 12.1 Å². The lowest BCUT2D eigenvalue weighted by atomic mass is 10.1. The van der Waals surface area contributed by atoms with Gasteiger partial charge in [0.15, 0.2) is 0 Å². The Kier molecular flexibility index (Phi) is 4.71. The van der Waals surface area contributed by atoms with Crippen LogP contribution in [0.25, 0.3) is 0 Å². The highest BCUT2D eigenvalue weighted by atomic mass is 33.1. The van der Waals surface area contributed by atoms with E-state index >= 15 is 0 Å². The van der Waals surface area contributed by atoms with Crippen molar-refractivity contribution >= 4 is 33.4 Å². The van der Waals surface area contributed by atoms with Gasteiger partial charge in [0.1, 0.15) is 0 Å². The first kappa shape index (κ1) is 17.5. The molecule has 4 N–H and O–H groups in total. The minimum absolute atomic E-state index is 0.416. The van der Waals surface area contributed by atoms with E-state index < -0.39 is 11.8 Å². The summed E-state index contributed by atoms with van der Waals surface area (Å²) in [4.78, 5) is 25.7. The predicted octanol–water partition coefficient (Wildman–Crippen LogP) is 4.44. The molecule has 0 aliphatic heterocycles. The number of rotatable bonds is 7. The molecule has 0 bridgehead atoms. The lowest BCUT2D eigenvalue weighted by Crippen LogP contribution is -2.13. The second kappa shape index (κ2) is 7.00. The van der Waals surface area contributed by atoms with Gasteiger partial charge in [0.25, 0.3) is 0 Å². The number of hydrogen-bond donors (Lipinski definition) is 2. The fourth-order valence-corrected chi connectivity index (χ4v) is 6.16. The van der Waals surface area contributed by atoms with Crippen LogP contribution in [0.2, 0.25) is 0 Å². The minimum Gasteiger partial charge on any atom is -0.366 e. The molecule has 4 rings (SSSR count). The average molecular weight is 385 g/mol. The molecular weight excluding hydrogens is 364 g/mol. The van der Waals surface area contributed by atoms with Crippen molar-refractivity contribution in [3.63, 3.8) is 0 Å². The molecule has 0 aromatic heterocycles. The molecule has 134 valence electrons. The lowest BCUT2D eigenvalue weighted by Gasteiger charge is -2.15. The molecule has 0 spiro atoms. The van der Waals surface area contributed by atoms with E-state index in [-0.39, 0.29) is 0 Å². The molecular formula is C20H20N2O2S2. The number of carbonyl (C=O) groups excluding carboxylic acids is 2. The highest BCUT2D eigenvalue weighted by molar-refractivity contribution is 8.76. The summed E-state index contributed by atoms with van der Waals surface area (Å²) >= 11 is 0. The first-order valence-electron chi connectivity index (χ1n) is 8.76. The molecule has 0 heterocycles. The molecule has 0 unspecified atom stereocenters. The van der Waals surface area contributed by atoms with Gasteiger partial charge in [-0.05, 0) is 60.8 Å². The number of benzene rings is 2. The molecule has 2 aliphatic carbocycles. The summed E-state index contributed by atoms with van der Waals surface area (Å²) in [5, 5.41) is 0. The Morgan fingerprint density at radius 1 is 0.731 bits per heavy atom. The van der Waals surface area contributed by atoms with Gasteiger partial charge in [0, 0.05) is 9.79 Å². The molecule has 6 heteroatoms. The molecule has 4 nitrogen and oxygen atoms in total. The average Bonchev–Trinajstić information content (AvgIpc) is 3.51. The van der Waals surface area contributed by atoms with Crippen LogP contribution in [0.1, 0.15) is 69.4 Å². The standard InChI is InChI=1S/C20H20N2O2S2/c21-19(23)15-5-1-3-13(11-7-8-11)17(15)25-26-18-14(12-9-10-12)4-2-6-16(18)20(22)24/h1-6,11-12H,7-10H2,(H2,21,23)(H2,22,24). The minimum atomic E-state index is -0.416. The second-order valence-corrected chi connectivity index (χ2v) is 9.04. The number of nitrogens with two attached hydrogens (primary N) is 2. The van der Waals surface area contributed by atoms with E-state index in [0.717, 1.165) is 35.5 Å². The topological polar surface area (TPSA) is 86.2 Å². The number of carbonyl (C=O) groups is 2. The van der Waals surface area contributed by atoms with Crippen LogP contribution in [0.15, 0.2) is 46.2 Å². The van der Waals surface area contributed by atoms with Crippen LogP contribution < -0.4 is 11.5 Å². The zero-order valence-electron chi connectivity index (χ0n) is 14.2. The van der Waals surface area contributed by atoms with Crippen LogP contribution in [0.4, 0.5) is 0 Å². The summed E-state index contributed by atoms with van der Waals surface area (Å²) in [6, 6.07) is 11.5. The molecule has 2 aliphatic rings. The van der Waals surface area contributed by atoms with Gasteiger partial charge in [-0.2, -0.15) is 0 Å². The molecule has 2 aromatic carbocycles. The van der Waals surface area contributed by atoms with E-state index in [1.807, 2.05) is 12.1 Å². The second-order valence-electron chi connectivity index (χ2n) is 6.89.